The zero-order chi connectivity index (χ0) is 43.2. The van der Waals surface area contributed by atoms with Crippen molar-refractivity contribution in [1.29, 1.82) is 0 Å². The number of anilines is 6. The van der Waals surface area contributed by atoms with Crippen LogP contribution in [0.5, 0.6) is 0 Å². The maximum atomic E-state index is 2.41. The van der Waals surface area contributed by atoms with Crippen molar-refractivity contribution >= 4 is 55.7 Å². The Bertz CT molecular complexity index is 3430. The summed E-state index contributed by atoms with van der Waals surface area (Å²) in [6.45, 7) is 9.40. The average molecular weight is 821 g/mol. The van der Waals surface area contributed by atoms with E-state index in [1.54, 1.807) is 0 Å². The van der Waals surface area contributed by atoms with Gasteiger partial charge in [0.2, 0.25) is 0 Å². The summed E-state index contributed by atoms with van der Waals surface area (Å²) in [5.74, 6) is 0. The predicted octanol–water partition coefficient (Wildman–Crippen LogP) is 17.2. The van der Waals surface area contributed by atoms with Gasteiger partial charge in [0, 0.05) is 45.0 Å². The molecular weight excluding hydrogens is 773 g/mol. The van der Waals surface area contributed by atoms with Crippen molar-refractivity contribution in [3.05, 3.63) is 241 Å². The van der Waals surface area contributed by atoms with E-state index in [0.29, 0.717) is 0 Å². The minimum absolute atomic E-state index is 0.0749. The van der Waals surface area contributed by atoms with Crippen LogP contribution in [0.2, 0.25) is 0 Å². The molecule has 0 bridgehead atoms. The Morgan fingerprint density at radius 1 is 0.266 bits per heavy atom. The molecule has 2 nitrogen and oxygen atoms in total. The molecule has 2 heteroatoms. The molecule has 0 unspecified atom stereocenters. The third-order valence-corrected chi connectivity index (χ3v) is 14.2. The Morgan fingerprint density at radius 2 is 0.641 bits per heavy atom. The highest BCUT2D eigenvalue weighted by atomic mass is 15.1. The number of para-hydroxylation sites is 2. The van der Waals surface area contributed by atoms with E-state index in [4.69, 9.17) is 0 Å². The SMILES string of the molecule is CC1(C)c2ccccc2-c2ccc(N(c3ccccc3)c3ccc(-c4ccc5c(ccc6cc(N(c7ccccc7)c7ccc8c(c7)C(C)(C)c7ccccc7-8)ccc65)c4)cc3)cc21. The molecule has 0 heterocycles. The van der Waals surface area contributed by atoms with Crippen LogP contribution in [0, 0.1) is 0 Å². The standard InChI is InChI=1S/C62H48N2/c1-61(2)57-21-13-11-19-53(57)55-35-31-49(39-59(55)61)63(45-15-7-5-8-16-45)47-28-25-41(26-29-47)42-27-33-51-43(37-42)23-24-44-38-48(30-34-52(44)51)64(46-17-9-6-10-18-46)50-32-36-56-54-20-12-14-22-58(54)62(3,4)60(56)40-50/h5-40H,1-4H3. The molecule has 2 aliphatic rings. The van der Waals surface area contributed by atoms with E-state index in [1.807, 2.05) is 0 Å². The van der Waals surface area contributed by atoms with Crippen molar-refractivity contribution in [3.8, 4) is 33.4 Å². The van der Waals surface area contributed by atoms with Gasteiger partial charge in [-0.15, -0.1) is 0 Å². The van der Waals surface area contributed by atoms with Crippen molar-refractivity contribution in [3.63, 3.8) is 0 Å². The molecule has 0 saturated heterocycles. The topological polar surface area (TPSA) is 6.48 Å². The number of fused-ring (bicyclic) bond motifs is 9. The van der Waals surface area contributed by atoms with Crippen molar-refractivity contribution in [2.75, 3.05) is 9.80 Å². The monoisotopic (exact) mass is 820 g/mol. The fourth-order valence-electron chi connectivity index (χ4n) is 10.9. The Labute approximate surface area is 376 Å². The summed E-state index contributed by atoms with van der Waals surface area (Å²) in [6, 6.07) is 80.7. The predicted molar refractivity (Wildman–Crippen MR) is 271 cm³/mol. The Kier molecular flexibility index (Phi) is 8.58. The number of hydrogen-bond donors (Lipinski definition) is 0. The van der Waals surface area contributed by atoms with Crippen LogP contribution in [-0.2, 0) is 10.8 Å². The number of benzene rings is 10. The smallest absolute Gasteiger partial charge is 0.0468 e. The molecular formula is C62H48N2. The van der Waals surface area contributed by atoms with Crippen molar-refractivity contribution in [2.45, 2.75) is 38.5 Å². The van der Waals surface area contributed by atoms with E-state index in [0.717, 1.165) is 34.1 Å². The normalized spacial score (nSPS) is 13.9. The summed E-state index contributed by atoms with van der Waals surface area (Å²) in [5, 5.41) is 4.96. The Balaban J connectivity index is 0.876. The van der Waals surface area contributed by atoms with Crippen LogP contribution in [0.4, 0.5) is 34.1 Å². The van der Waals surface area contributed by atoms with Gasteiger partial charge in [-0.3, -0.25) is 0 Å². The van der Waals surface area contributed by atoms with E-state index in [-0.39, 0.29) is 10.8 Å². The van der Waals surface area contributed by atoms with Crippen LogP contribution in [0.25, 0.3) is 54.9 Å². The second-order valence-corrected chi connectivity index (χ2v) is 18.6. The Morgan fingerprint density at radius 3 is 1.19 bits per heavy atom. The van der Waals surface area contributed by atoms with E-state index in [9.17, 15) is 0 Å². The number of hydrogen-bond acceptors (Lipinski definition) is 2. The van der Waals surface area contributed by atoms with Crippen molar-refractivity contribution in [2.24, 2.45) is 0 Å². The second kappa shape index (κ2) is 14.4. The van der Waals surface area contributed by atoms with Crippen LogP contribution in [0.15, 0.2) is 218 Å². The summed E-state index contributed by atoms with van der Waals surface area (Å²) < 4.78 is 0. The van der Waals surface area contributed by atoms with Crippen molar-refractivity contribution in [1.82, 2.24) is 0 Å². The Hall–Kier alpha value is -7.68. The summed E-state index contributed by atoms with van der Waals surface area (Å²) in [5.41, 5.74) is 20.0. The van der Waals surface area contributed by atoms with Crippen LogP contribution in [0.3, 0.4) is 0 Å². The third kappa shape index (κ3) is 5.93. The average Bonchev–Trinajstić information content (AvgIpc) is 3.71. The molecule has 0 aromatic heterocycles. The summed E-state index contributed by atoms with van der Waals surface area (Å²) in [7, 11) is 0. The maximum Gasteiger partial charge on any atom is 0.0468 e. The minimum atomic E-state index is -0.0792. The molecule has 10 aromatic rings. The van der Waals surface area contributed by atoms with Gasteiger partial charge < -0.3 is 9.80 Å². The van der Waals surface area contributed by atoms with Gasteiger partial charge in [-0.05, 0) is 156 Å². The first kappa shape index (κ1) is 38.0. The van der Waals surface area contributed by atoms with Gasteiger partial charge in [0.25, 0.3) is 0 Å². The van der Waals surface area contributed by atoms with E-state index in [2.05, 4.69) is 256 Å². The number of nitrogens with zero attached hydrogens (tertiary/aromatic N) is 2. The fraction of sp³-hybridized carbons (Fsp3) is 0.0968. The summed E-state index contributed by atoms with van der Waals surface area (Å²) in [6.07, 6.45) is 0. The van der Waals surface area contributed by atoms with Gasteiger partial charge in [0.1, 0.15) is 0 Å². The highest BCUT2D eigenvalue weighted by Crippen LogP contribution is 2.52. The molecule has 0 aliphatic heterocycles. The molecule has 12 rings (SSSR count). The van der Waals surface area contributed by atoms with Gasteiger partial charge in [-0.25, -0.2) is 0 Å². The van der Waals surface area contributed by atoms with Gasteiger partial charge in [0.15, 0.2) is 0 Å². The van der Waals surface area contributed by atoms with Gasteiger partial charge in [-0.1, -0.05) is 167 Å². The fourth-order valence-corrected chi connectivity index (χ4v) is 10.9. The molecule has 0 radical (unpaired) electrons. The minimum Gasteiger partial charge on any atom is -0.310 e. The van der Waals surface area contributed by atoms with E-state index in [1.165, 1.54) is 77.2 Å². The van der Waals surface area contributed by atoms with Crippen LogP contribution in [-0.4, -0.2) is 0 Å². The molecule has 2 aliphatic carbocycles. The van der Waals surface area contributed by atoms with Crippen molar-refractivity contribution < 1.29 is 0 Å². The highest BCUT2D eigenvalue weighted by molar-refractivity contribution is 6.09. The molecule has 10 aromatic carbocycles. The molecule has 306 valence electrons. The van der Waals surface area contributed by atoms with E-state index < -0.39 is 0 Å². The lowest BCUT2D eigenvalue weighted by Crippen LogP contribution is -2.16. The zero-order valence-electron chi connectivity index (χ0n) is 36.7. The van der Waals surface area contributed by atoms with Crippen LogP contribution >= 0.6 is 0 Å². The number of rotatable bonds is 7. The molecule has 0 fully saturated rings. The lowest BCUT2D eigenvalue weighted by molar-refractivity contribution is 0.660. The second-order valence-electron chi connectivity index (χ2n) is 18.6. The molecule has 0 saturated carbocycles. The summed E-state index contributed by atoms with van der Waals surface area (Å²) in [4.78, 5) is 4.78. The molecule has 0 atom stereocenters. The lowest BCUT2D eigenvalue weighted by Gasteiger charge is -2.28. The van der Waals surface area contributed by atoms with Crippen LogP contribution in [0.1, 0.15) is 49.9 Å². The molecule has 0 spiro atoms. The molecule has 0 N–H and O–H groups in total. The zero-order valence-corrected chi connectivity index (χ0v) is 36.7. The molecule has 64 heavy (non-hydrogen) atoms. The highest BCUT2D eigenvalue weighted by Gasteiger charge is 2.37. The first-order valence-corrected chi connectivity index (χ1v) is 22.5. The lowest BCUT2D eigenvalue weighted by atomic mass is 9.82. The van der Waals surface area contributed by atoms with Gasteiger partial charge >= 0.3 is 0 Å². The maximum absolute atomic E-state index is 2.41. The first-order chi connectivity index (χ1) is 31.2. The quantitative estimate of drug-likeness (QED) is 0.148. The molecule has 0 amide bonds. The van der Waals surface area contributed by atoms with Gasteiger partial charge in [0.05, 0.1) is 0 Å². The van der Waals surface area contributed by atoms with Gasteiger partial charge in [-0.2, -0.15) is 0 Å². The largest absolute Gasteiger partial charge is 0.310 e. The van der Waals surface area contributed by atoms with Crippen LogP contribution < -0.4 is 9.80 Å². The first-order valence-electron chi connectivity index (χ1n) is 22.5. The van der Waals surface area contributed by atoms with E-state index >= 15 is 0 Å². The third-order valence-electron chi connectivity index (χ3n) is 14.2. The summed E-state index contributed by atoms with van der Waals surface area (Å²) >= 11 is 0.